The van der Waals surface area contributed by atoms with E-state index in [2.05, 4.69) is 22.3 Å². The highest BCUT2D eigenvalue weighted by molar-refractivity contribution is 7.12. The molecule has 0 spiro atoms. The Kier molecular flexibility index (Phi) is 7.59. The molecule has 2 saturated heterocycles. The number of benzene rings is 1. The molecule has 0 radical (unpaired) electrons. The van der Waals surface area contributed by atoms with Crippen molar-refractivity contribution < 1.29 is 14.3 Å². The molecule has 3 amide bonds. The van der Waals surface area contributed by atoms with Gasteiger partial charge in [0.25, 0.3) is 5.91 Å². The number of nitrogens with zero attached hydrogens (tertiary/aromatic N) is 2. The monoisotopic (exact) mass is 441 g/mol. The Bertz CT molecular complexity index is 829. The fourth-order valence-corrected chi connectivity index (χ4v) is 5.24. The zero-order valence-electron chi connectivity index (χ0n) is 17.9. The molecule has 166 valence electrons. The first-order valence-corrected chi connectivity index (χ1v) is 12.1. The van der Waals surface area contributed by atoms with Crippen LogP contribution in [0.25, 0.3) is 0 Å². The molecular weight excluding hydrogens is 410 g/mol. The summed E-state index contributed by atoms with van der Waals surface area (Å²) in [6.45, 7) is 3.41. The Balaban J connectivity index is 1.36. The molecule has 6 nitrogen and oxygen atoms in total. The zero-order valence-corrected chi connectivity index (χ0v) is 18.7. The lowest BCUT2D eigenvalue weighted by Gasteiger charge is -2.43. The largest absolute Gasteiger partial charge is 0.381 e. The number of carbonyl (C=O) groups excluding carboxylic acids is 2. The average Bonchev–Trinajstić information content (AvgIpc) is 3.36. The molecule has 1 N–H and O–H groups in total. The topological polar surface area (TPSA) is 61.9 Å². The van der Waals surface area contributed by atoms with Crippen molar-refractivity contribution in [3.8, 4) is 0 Å². The van der Waals surface area contributed by atoms with Crippen molar-refractivity contribution in [3.05, 3.63) is 58.3 Å². The van der Waals surface area contributed by atoms with Gasteiger partial charge in [0.1, 0.15) is 0 Å². The molecular formula is C24H31N3O3S. The SMILES string of the molecule is O=C(c1cccs1)N1CCC(N(C(=O)NCCc2ccccc2)C2CCOCC2)CC1. The van der Waals surface area contributed by atoms with Crippen LogP contribution in [0.2, 0.25) is 0 Å². The number of nitrogens with one attached hydrogen (secondary N) is 1. The Morgan fingerprint density at radius 2 is 1.71 bits per heavy atom. The predicted molar refractivity (Wildman–Crippen MR) is 122 cm³/mol. The molecule has 2 aliphatic rings. The Labute approximate surface area is 188 Å². The van der Waals surface area contributed by atoms with Crippen LogP contribution in [0.15, 0.2) is 47.8 Å². The van der Waals surface area contributed by atoms with Gasteiger partial charge in [-0.2, -0.15) is 0 Å². The zero-order chi connectivity index (χ0) is 21.5. The van der Waals surface area contributed by atoms with Crippen LogP contribution in [0.4, 0.5) is 4.79 Å². The van der Waals surface area contributed by atoms with Crippen molar-refractivity contribution in [2.45, 2.75) is 44.2 Å². The van der Waals surface area contributed by atoms with Crippen molar-refractivity contribution in [2.24, 2.45) is 0 Å². The van der Waals surface area contributed by atoms with Crippen LogP contribution in [-0.4, -0.2) is 66.7 Å². The molecule has 0 aliphatic carbocycles. The van der Waals surface area contributed by atoms with E-state index in [9.17, 15) is 9.59 Å². The van der Waals surface area contributed by atoms with Crippen molar-refractivity contribution >= 4 is 23.3 Å². The van der Waals surface area contributed by atoms with E-state index in [1.165, 1.54) is 16.9 Å². The maximum atomic E-state index is 13.2. The molecule has 3 heterocycles. The quantitative estimate of drug-likeness (QED) is 0.742. The minimum absolute atomic E-state index is 0.0193. The number of likely N-dealkylation sites (tertiary alicyclic amines) is 1. The van der Waals surface area contributed by atoms with Crippen LogP contribution in [-0.2, 0) is 11.2 Å². The van der Waals surface area contributed by atoms with E-state index < -0.39 is 0 Å². The summed E-state index contributed by atoms with van der Waals surface area (Å²) in [6.07, 6.45) is 4.21. The summed E-state index contributed by atoms with van der Waals surface area (Å²) < 4.78 is 5.54. The van der Waals surface area contributed by atoms with Gasteiger partial charge in [0.05, 0.1) is 4.88 Å². The number of hydrogen-bond acceptors (Lipinski definition) is 4. The van der Waals surface area contributed by atoms with Crippen molar-refractivity contribution in [1.29, 1.82) is 0 Å². The summed E-state index contributed by atoms with van der Waals surface area (Å²) in [5.74, 6) is 0.110. The van der Waals surface area contributed by atoms with E-state index in [-0.39, 0.29) is 24.0 Å². The van der Waals surface area contributed by atoms with Crippen molar-refractivity contribution in [3.63, 3.8) is 0 Å². The maximum absolute atomic E-state index is 13.2. The minimum Gasteiger partial charge on any atom is -0.381 e. The van der Waals surface area contributed by atoms with Crippen molar-refractivity contribution in [2.75, 3.05) is 32.8 Å². The van der Waals surface area contributed by atoms with Gasteiger partial charge in [-0.1, -0.05) is 36.4 Å². The lowest BCUT2D eigenvalue weighted by molar-refractivity contribution is 0.0210. The van der Waals surface area contributed by atoms with Gasteiger partial charge in [0.2, 0.25) is 0 Å². The molecule has 0 bridgehead atoms. The van der Waals surface area contributed by atoms with E-state index >= 15 is 0 Å². The van der Waals surface area contributed by atoms with E-state index in [1.807, 2.05) is 40.6 Å². The van der Waals surface area contributed by atoms with Gasteiger partial charge in [-0.25, -0.2) is 4.79 Å². The third-order valence-corrected chi connectivity index (χ3v) is 7.09. The lowest BCUT2D eigenvalue weighted by Crippen LogP contribution is -2.56. The van der Waals surface area contributed by atoms with Gasteiger partial charge < -0.3 is 19.9 Å². The summed E-state index contributed by atoms with van der Waals surface area (Å²) >= 11 is 1.49. The summed E-state index contributed by atoms with van der Waals surface area (Å²) in [5.41, 5.74) is 1.22. The highest BCUT2D eigenvalue weighted by Crippen LogP contribution is 2.25. The fourth-order valence-electron chi connectivity index (χ4n) is 4.55. The number of hydrogen-bond donors (Lipinski definition) is 1. The summed E-state index contributed by atoms with van der Waals surface area (Å²) in [4.78, 5) is 30.7. The van der Waals surface area contributed by atoms with E-state index in [0.29, 0.717) is 32.8 Å². The van der Waals surface area contributed by atoms with Gasteiger partial charge >= 0.3 is 6.03 Å². The number of thiophene rings is 1. The third kappa shape index (κ3) is 5.66. The molecule has 1 aromatic heterocycles. The lowest BCUT2D eigenvalue weighted by atomic mass is 9.98. The van der Waals surface area contributed by atoms with Gasteiger partial charge in [-0.3, -0.25) is 4.79 Å². The summed E-state index contributed by atoms with van der Waals surface area (Å²) in [5, 5.41) is 5.09. The average molecular weight is 442 g/mol. The molecule has 7 heteroatoms. The van der Waals surface area contributed by atoms with E-state index in [1.54, 1.807) is 0 Å². The van der Waals surface area contributed by atoms with E-state index in [0.717, 1.165) is 37.0 Å². The Hall–Kier alpha value is -2.38. The van der Waals surface area contributed by atoms with Crippen LogP contribution in [0.1, 0.15) is 40.9 Å². The number of rotatable bonds is 6. The predicted octanol–water partition coefficient (Wildman–Crippen LogP) is 3.79. The second-order valence-corrected chi connectivity index (χ2v) is 9.17. The number of carbonyl (C=O) groups is 2. The Morgan fingerprint density at radius 3 is 2.39 bits per heavy atom. The first-order chi connectivity index (χ1) is 15.2. The summed E-state index contributed by atoms with van der Waals surface area (Å²) in [7, 11) is 0. The second-order valence-electron chi connectivity index (χ2n) is 8.22. The molecule has 4 rings (SSSR count). The molecule has 0 unspecified atom stereocenters. The fraction of sp³-hybridized carbons (Fsp3) is 0.500. The van der Waals surface area contributed by atoms with Crippen LogP contribution >= 0.6 is 11.3 Å². The number of piperidine rings is 1. The second kappa shape index (κ2) is 10.8. The van der Waals surface area contributed by atoms with Gasteiger partial charge in [0.15, 0.2) is 0 Å². The molecule has 1 aromatic carbocycles. The minimum atomic E-state index is 0.0193. The number of ether oxygens (including phenoxy) is 1. The molecule has 0 atom stereocenters. The van der Waals surface area contributed by atoms with E-state index in [4.69, 9.17) is 4.74 Å². The normalized spacial score (nSPS) is 18.0. The van der Waals surface area contributed by atoms with Gasteiger partial charge in [0, 0.05) is 44.9 Å². The number of urea groups is 1. The smallest absolute Gasteiger partial charge is 0.317 e. The number of amides is 3. The molecule has 2 fully saturated rings. The highest BCUT2D eigenvalue weighted by Gasteiger charge is 2.35. The first-order valence-electron chi connectivity index (χ1n) is 11.2. The van der Waals surface area contributed by atoms with Crippen LogP contribution < -0.4 is 5.32 Å². The Morgan fingerprint density at radius 1 is 1.00 bits per heavy atom. The molecule has 2 aromatic rings. The molecule has 2 aliphatic heterocycles. The van der Waals surface area contributed by atoms with Gasteiger partial charge in [-0.15, -0.1) is 11.3 Å². The van der Waals surface area contributed by atoms with Gasteiger partial charge in [-0.05, 0) is 49.1 Å². The first kappa shape index (κ1) is 21.8. The summed E-state index contributed by atoms with van der Waals surface area (Å²) in [6, 6.07) is 14.4. The molecule has 31 heavy (non-hydrogen) atoms. The highest BCUT2D eigenvalue weighted by atomic mass is 32.1. The molecule has 0 saturated carbocycles. The maximum Gasteiger partial charge on any atom is 0.317 e. The van der Waals surface area contributed by atoms with Crippen LogP contribution in [0.5, 0.6) is 0 Å². The van der Waals surface area contributed by atoms with Crippen LogP contribution in [0.3, 0.4) is 0 Å². The van der Waals surface area contributed by atoms with Crippen molar-refractivity contribution in [1.82, 2.24) is 15.1 Å². The third-order valence-electron chi connectivity index (χ3n) is 6.23. The van der Waals surface area contributed by atoms with Crippen LogP contribution in [0, 0.1) is 0 Å². The standard InChI is InChI=1S/C24H31N3O3S/c28-23(22-7-4-18-31-22)26-14-9-20(10-15-26)27(21-11-16-30-17-12-21)24(29)25-13-8-19-5-2-1-3-6-19/h1-7,18,20-21H,8-17H2,(H,25,29).